The molecule has 1 rings (SSSR count). The first kappa shape index (κ1) is 6.55. The van der Waals surface area contributed by atoms with Gasteiger partial charge in [-0.05, 0) is 6.92 Å². The van der Waals surface area contributed by atoms with Crippen molar-refractivity contribution in [2.75, 3.05) is 13.2 Å². The summed E-state index contributed by atoms with van der Waals surface area (Å²) >= 11 is 0. The molecule has 0 aliphatic carbocycles. The van der Waals surface area contributed by atoms with Crippen LogP contribution in [0.15, 0.2) is 0 Å². The van der Waals surface area contributed by atoms with Crippen molar-refractivity contribution in [3.05, 3.63) is 0 Å². The van der Waals surface area contributed by atoms with Gasteiger partial charge in [-0.25, -0.2) is 4.79 Å². The number of carbonyl (C=O) groups excluding carboxylic acids is 1. The first-order valence-corrected chi connectivity index (χ1v) is 3.09. The van der Waals surface area contributed by atoms with Gasteiger partial charge in [0.15, 0.2) is 6.10 Å². The molecule has 1 aliphatic rings. The van der Waals surface area contributed by atoms with Crippen LogP contribution in [0.4, 0.5) is 0 Å². The summed E-state index contributed by atoms with van der Waals surface area (Å²) in [6.45, 7) is 2.84. The van der Waals surface area contributed by atoms with Gasteiger partial charge >= 0.3 is 5.97 Å². The summed E-state index contributed by atoms with van der Waals surface area (Å²) in [6, 6.07) is 0. The zero-order valence-electron chi connectivity index (χ0n) is 5.42. The zero-order valence-corrected chi connectivity index (χ0v) is 5.42. The lowest BCUT2D eigenvalue weighted by Crippen LogP contribution is -2.19. The van der Waals surface area contributed by atoms with Crippen LogP contribution in [0, 0.1) is 0 Å². The van der Waals surface area contributed by atoms with E-state index in [1.54, 1.807) is 6.92 Å². The van der Waals surface area contributed by atoms with Crippen LogP contribution in [0.5, 0.6) is 0 Å². The number of rotatable bonds is 0. The third-order valence-electron chi connectivity index (χ3n) is 1.23. The lowest BCUT2D eigenvalue weighted by Gasteiger charge is -2.03. The fourth-order valence-electron chi connectivity index (χ4n) is 0.677. The Hall–Kier alpha value is -0.570. The van der Waals surface area contributed by atoms with Gasteiger partial charge in [0.2, 0.25) is 0 Å². The van der Waals surface area contributed by atoms with Crippen LogP contribution in [-0.4, -0.2) is 25.3 Å². The van der Waals surface area contributed by atoms with Crippen molar-refractivity contribution >= 4 is 5.97 Å². The lowest BCUT2D eigenvalue weighted by molar-refractivity contribution is -0.151. The van der Waals surface area contributed by atoms with E-state index in [9.17, 15) is 4.79 Å². The molecule has 1 atom stereocenters. The molecular formula is C6H10O3. The molecule has 3 heteroatoms. The predicted molar refractivity (Wildman–Crippen MR) is 31.0 cm³/mol. The average Bonchev–Trinajstić information content (AvgIpc) is 1.99. The summed E-state index contributed by atoms with van der Waals surface area (Å²) in [6.07, 6.45) is 0.447. The van der Waals surface area contributed by atoms with Crippen molar-refractivity contribution in [1.29, 1.82) is 0 Å². The van der Waals surface area contributed by atoms with Gasteiger partial charge < -0.3 is 9.47 Å². The Labute approximate surface area is 53.9 Å². The van der Waals surface area contributed by atoms with Gasteiger partial charge in [-0.1, -0.05) is 0 Å². The second kappa shape index (κ2) is 2.82. The number of ether oxygens (including phenoxy) is 2. The molecule has 1 fully saturated rings. The van der Waals surface area contributed by atoms with Crippen molar-refractivity contribution in [3.63, 3.8) is 0 Å². The summed E-state index contributed by atoms with van der Waals surface area (Å²) in [4.78, 5) is 10.7. The Morgan fingerprint density at radius 1 is 1.56 bits per heavy atom. The van der Waals surface area contributed by atoms with Gasteiger partial charge in [0.1, 0.15) is 0 Å². The van der Waals surface area contributed by atoms with Gasteiger partial charge in [0.05, 0.1) is 13.2 Å². The summed E-state index contributed by atoms with van der Waals surface area (Å²) in [7, 11) is 0. The topological polar surface area (TPSA) is 35.5 Å². The smallest absolute Gasteiger partial charge is 0.334 e. The summed E-state index contributed by atoms with van der Waals surface area (Å²) < 4.78 is 9.79. The van der Waals surface area contributed by atoms with Crippen LogP contribution < -0.4 is 0 Å². The van der Waals surface area contributed by atoms with Crippen LogP contribution in [0.2, 0.25) is 0 Å². The van der Waals surface area contributed by atoms with Crippen molar-refractivity contribution in [2.45, 2.75) is 19.4 Å². The maximum atomic E-state index is 10.7. The Kier molecular flexibility index (Phi) is 2.05. The van der Waals surface area contributed by atoms with Gasteiger partial charge in [-0.15, -0.1) is 0 Å². The van der Waals surface area contributed by atoms with Crippen LogP contribution in [0.25, 0.3) is 0 Å². The Morgan fingerprint density at radius 2 is 2.33 bits per heavy atom. The van der Waals surface area contributed by atoms with E-state index in [2.05, 4.69) is 0 Å². The number of hydrogen-bond donors (Lipinski definition) is 0. The van der Waals surface area contributed by atoms with Crippen LogP contribution >= 0.6 is 0 Å². The second-order valence-electron chi connectivity index (χ2n) is 2.03. The third-order valence-corrected chi connectivity index (χ3v) is 1.23. The highest BCUT2D eigenvalue weighted by Gasteiger charge is 2.16. The Bertz CT molecular complexity index is 111. The molecule has 0 amide bonds. The molecule has 0 aromatic heterocycles. The standard InChI is InChI=1S/C6H10O3/c1-5-6(7)9-4-2-3-8-5/h5H,2-4H2,1H3. The molecule has 0 aromatic rings. The van der Waals surface area contributed by atoms with Crippen molar-refractivity contribution in [2.24, 2.45) is 0 Å². The molecule has 1 aliphatic heterocycles. The van der Waals surface area contributed by atoms with E-state index in [1.165, 1.54) is 0 Å². The minimum absolute atomic E-state index is 0.243. The molecule has 0 spiro atoms. The fourth-order valence-corrected chi connectivity index (χ4v) is 0.677. The predicted octanol–water partition coefficient (Wildman–Crippen LogP) is 0.338. The van der Waals surface area contributed by atoms with Gasteiger partial charge in [0.25, 0.3) is 0 Å². The van der Waals surface area contributed by atoms with Gasteiger partial charge in [-0.3, -0.25) is 0 Å². The molecule has 1 unspecified atom stereocenters. The van der Waals surface area contributed by atoms with E-state index in [-0.39, 0.29) is 12.1 Å². The number of hydrogen-bond acceptors (Lipinski definition) is 3. The minimum atomic E-state index is -0.368. The maximum Gasteiger partial charge on any atom is 0.334 e. The van der Waals surface area contributed by atoms with Crippen LogP contribution in [0.1, 0.15) is 13.3 Å². The monoisotopic (exact) mass is 130 g/mol. The normalized spacial score (nSPS) is 29.0. The quantitative estimate of drug-likeness (QED) is 0.443. The zero-order chi connectivity index (χ0) is 6.69. The van der Waals surface area contributed by atoms with Crippen LogP contribution in [-0.2, 0) is 14.3 Å². The van der Waals surface area contributed by atoms with Gasteiger partial charge in [-0.2, -0.15) is 0 Å². The molecule has 1 saturated heterocycles. The van der Waals surface area contributed by atoms with Crippen molar-refractivity contribution < 1.29 is 14.3 Å². The van der Waals surface area contributed by atoms with Crippen molar-refractivity contribution in [3.8, 4) is 0 Å². The molecule has 0 saturated carbocycles. The SMILES string of the molecule is CC1OCCCOC1=O. The highest BCUT2D eigenvalue weighted by Crippen LogP contribution is 2.01. The number of esters is 1. The van der Waals surface area contributed by atoms with E-state index in [4.69, 9.17) is 9.47 Å². The highest BCUT2D eigenvalue weighted by atomic mass is 16.6. The average molecular weight is 130 g/mol. The Morgan fingerprint density at radius 3 is 3.11 bits per heavy atom. The Balaban J connectivity index is 2.41. The molecular weight excluding hydrogens is 120 g/mol. The third kappa shape index (κ3) is 1.68. The summed E-state index contributed by atoms with van der Waals surface area (Å²) in [5.41, 5.74) is 0. The van der Waals surface area contributed by atoms with Crippen LogP contribution in [0.3, 0.4) is 0 Å². The highest BCUT2D eigenvalue weighted by molar-refractivity contribution is 5.74. The first-order valence-electron chi connectivity index (χ1n) is 3.09. The molecule has 9 heavy (non-hydrogen) atoms. The number of carbonyl (C=O) groups is 1. The molecule has 52 valence electrons. The molecule has 0 bridgehead atoms. The van der Waals surface area contributed by atoms with Crippen molar-refractivity contribution in [1.82, 2.24) is 0 Å². The molecule has 0 N–H and O–H groups in total. The van der Waals surface area contributed by atoms with E-state index >= 15 is 0 Å². The first-order chi connectivity index (χ1) is 4.30. The van der Waals surface area contributed by atoms with E-state index < -0.39 is 0 Å². The molecule has 3 nitrogen and oxygen atoms in total. The second-order valence-corrected chi connectivity index (χ2v) is 2.03. The summed E-state index contributed by atoms with van der Waals surface area (Å²) in [5.74, 6) is -0.243. The minimum Gasteiger partial charge on any atom is -0.464 e. The maximum absolute atomic E-state index is 10.7. The fraction of sp³-hybridized carbons (Fsp3) is 0.833. The molecule has 1 heterocycles. The molecule has 0 radical (unpaired) electrons. The van der Waals surface area contributed by atoms with Gasteiger partial charge in [0, 0.05) is 6.42 Å². The lowest BCUT2D eigenvalue weighted by atomic mass is 10.4. The van der Waals surface area contributed by atoms with E-state index in [1.807, 2.05) is 0 Å². The molecule has 0 aromatic carbocycles. The van der Waals surface area contributed by atoms with E-state index in [0.717, 1.165) is 6.42 Å². The number of cyclic esters (lactones) is 1. The van der Waals surface area contributed by atoms with E-state index in [0.29, 0.717) is 13.2 Å². The summed E-state index contributed by atoms with van der Waals surface area (Å²) in [5, 5.41) is 0. The largest absolute Gasteiger partial charge is 0.464 e.